The molecule has 1 aliphatic rings. The molecule has 22 heavy (non-hydrogen) atoms. The molecule has 2 aromatic rings. The van der Waals surface area contributed by atoms with Crippen LogP contribution in [0.15, 0.2) is 30.9 Å². The first-order chi connectivity index (χ1) is 10.7. The lowest BCUT2D eigenvalue weighted by molar-refractivity contribution is 0.100. The summed E-state index contributed by atoms with van der Waals surface area (Å²) in [6, 6.07) is 1.87. The number of nitrogens with zero attached hydrogens (tertiary/aromatic N) is 4. The van der Waals surface area contributed by atoms with Gasteiger partial charge in [-0.3, -0.25) is 14.5 Å². The van der Waals surface area contributed by atoms with Crippen LogP contribution in [-0.4, -0.2) is 33.8 Å². The van der Waals surface area contributed by atoms with E-state index in [0.717, 1.165) is 38.2 Å². The first-order valence-corrected chi connectivity index (χ1v) is 7.70. The fraction of sp³-hybridized carbons (Fsp3) is 0.438. The second kappa shape index (κ2) is 6.17. The number of hydrogen-bond acceptors (Lipinski definition) is 4. The molecule has 1 fully saturated rings. The van der Waals surface area contributed by atoms with E-state index in [9.17, 15) is 4.79 Å². The molecule has 3 heterocycles. The normalized spacial score (nSPS) is 16.0. The Kier molecular flexibility index (Phi) is 4.09. The van der Waals surface area contributed by atoms with Gasteiger partial charge in [0, 0.05) is 38.2 Å². The van der Waals surface area contributed by atoms with E-state index in [1.165, 1.54) is 5.56 Å². The summed E-state index contributed by atoms with van der Waals surface area (Å²) in [4.78, 5) is 17.8. The fourth-order valence-electron chi connectivity index (χ4n) is 3.07. The molecule has 0 bridgehead atoms. The van der Waals surface area contributed by atoms with Gasteiger partial charge in [0.25, 0.3) is 5.91 Å². The van der Waals surface area contributed by atoms with E-state index >= 15 is 0 Å². The Morgan fingerprint density at radius 3 is 2.77 bits per heavy atom. The molecule has 0 saturated carbocycles. The maximum Gasteiger partial charge on any atom is 0.252 e. The second-order valence-corrected chi connectivity index (χ2v) is 5.65. The highest BCUT2D eigenvalue weighted by Gasteiger charge is 2.24. The van der Waals surface area contributed by atoms with Crippen LogP contribution in [0.2, 0.25) is 0 Å². The van der Waals surface area contributed by atoms with E-state index in [2.05, 4.69) is 28.1 Å². The van der Waals surface area contributed by atoms with Crippen LogP contribution in [0.25, 0.3) is 0 Å². The summed E-state index contributed by atoms with van der Waals surface area (Å²) < 4.78 is 1.97. The third kappa shape index (κ3) is 2.81. The van der Waals surface area contributed by atoms with E-state index in [1.807, 2.05) is 16.9 Å². The zero-order valence-corrected chi connectivity index (χ0v) is 12.8. The van der Waals surface area contributed by atoms with Gasteiger partial charge in [-0.05, 0) is 37.3 Å². The van der Waals surface area contributed by atoms with Crippen molar-refractivity contribution in [1.29, 1.82) is 0 Å². The highest BCUT2D eigenvalue weighted by molar-refractivity contribution is 5.98. The Labute approximate surface area is 129 Å². The Hall–Kier alpha value is -2.37. The first kappa shape index (κ1) is 14.6. The highest BCUT2D eigenvalue weighted by Crippen LogP contribution is 2.31. The summed E-state index contributed by atoms with van der Waals surface area (Å²) in [6.07, 6.45) is 9.48. The zero-order valence-electron chi connectivity index (χ0n) is 12.8. The Morgan fingerprint density at radius 1 is 1.36 bits per heavy atom. The third-order valence-corrected chi connectivity index (χ3v) is 4.35. The minimum atomic E-state index is -0.422. The molecule has 1 saturated heterocycles. The lowest BCUT2D eigenvalue weighted by Gasteiger charge is -2.34. The van der Waals surface area contributed by atoms with Crippen molar-refractivity contribution in [3.05, 3.63) is 42.0 Å². The van der Waals surface area contributed by atoms with Crippen LogP contribution >= 0.6 is 0 Å². The van der Waals surface area contributed by atoms with Crippen LogP contribution in [0.3, 0.4) is 0 Å². The van der Waals surface area contributed by atoms with Gasteiger partial charge < -0.3 is 10.6 Å². The number of primary amides is 1. The van der Waals surface area contributed by atoms with Crippen molar-refractivity contribution < 1.29 is 4.79 Å². The second-order valence-electron chi connectivity index (χ2n) is 5.65. The molecule has 0 unspecified atom stereocenters. The monoisotopic (exact) mass is 299 g/mol. The summed E-state index contributed by atoms with van der Waals surface area (Å²) in [6.45, 7) is 4.81. The summed E-state index contributed by atoms with van der Waals surface area (Å²) in [5, 5.41) is 4.36. The van der Waals surface area contributed by atoms with Gasteiger partial charge >= 0.3 is 0 Å². The maximum absolute atomic E-state index is 11.5. The predicted molar refractivity (Wildman–Crippen MR) is 84.8 cm³/mol. The Balaban J connectivity index is 1.70. The smallest absolute Gasteiger partial charge is 0.252 e. The SMILES string of the molecule is CCn1cc(C2CCN(c3ccncc3C(N)=O)CC2)cn1. The number of carbonyl (C=O) groups excluding carboxylic acids is 1. The molecular weight excluding hydrogens is 278 g/mol. The molecule has 1 aliphatic heterocycles. The van der Waals surface area contributed by atoms with E-state index in [-0.39, 0.29) is 0 Å². The van der Waals surface area contributed by atoms with E-state index in [1.54, 1.807) is 12.4 Å². The number of rotatable bonds is 4. The molecule has 3 rings (SSSR count). The van der Waals surface area contributed by atoms with Gasteiger partial charge in [-0.1, -0.05) is 0 Å². The number of aryl methyl sites for hydroxylation is 1. The molecule has 1 amide bonds. The van der Waals surface area contributed by atoms with Crippen molar-refractivity contribution >= 4 is 11.6 Å². The first-order valence-electron chi connectivity index (χ1n) is 7.70. The molecular formula is C16H21N5O. The molecule has 0 aliphatic carbocycles. The summed E-state index contributed by atoms with van der Waals surface area (Å²) in [5.41, 5.74) is 8.15. The number of anilines is 1. The quantitative estimate of drug-likeness (QED) is 0.933. The minimum Gasteiger partial charge on any atom is -0.371 e. The number of carbonyl (C=O) groups is 1. The topological polar surface area (TPSA) is 77.0 Å². The van der Waals surface area contributed by atoms with Gasteiger partial charge in [0.1, 0.15) is 0 Å². The fourth-order valence-corrected chi connectivity index (χ4v) is 3.07. The average Bonchev–Trinajstić information content (AvgIpc) is 3.04. The number of nitrogens with two attached hydrogens (primary N) is 1. The molecule has 6 heteroatoms. The molecule has 2 N–H and O–H groups in total. The summed E-state index contributed by atoms with van der Waals surface area (Å²) >= 11 is 0. The van der Waals surface area contributed by atoms with Gasteiger partial charge in [-0.2, -0.15) is 5.10 Å². The highest BCUT2D eigenvalue weighted by atomic mass is 16.1. The molecule has 116 valence electrons. The number of pyridine rings is 1. The largest absolute Gasteiger partial charge is 0.371 e. The molecule has 6 nitrogen and oxygen atoms in total. The van der Waals surface area contributed by atoms with Crippen LogP contribution in [0.1, 0.15) is 41.6 Å². The van der Waals surface area contributed by atoms with E-state index in [0.29, 0.717) is 11.5 Å². The van der Waals surface area contributed by atoms with Crippen molar-refractivity contribution in [2.24, 2.45) is 5.73 Å². The number of amides is 1. The van der Waals surface area contributed by atoms with Gasteiger partial charge in [0.05, 0.1) is 17.4 Å². The maximum atomic E-state index is 11.5. The molecule has 0 aromatic carbocycles. The number of piperidine rings is 1. The van der Waals surface area contributed by atoms with Crippen LogP contribution in [-0.2, 0) is 6.54 Å². The van der Waals surface area contributed by atoms with Crippen LogP contribution in [0.5, 0.6) is 0 Å². The summed E-state index contributed by atoms with van der Waals surface area (Å²) in [7, 11) is 0. The Bertz CT molecular complexity index is 658. The van der Waals surface area contributed by atoms with Crippen molar-refractivity contribution in [3.8, 4) is 0 Å². The van der Waals surface area contributed by atoms with Gasteiger partial charge in [-0.15, -0.1) is 0 Å². The number of hydrogen-bond donors (Lipinski definition) is 1. The molecule has 0 spiro atoms. The van der Waals surface area contributed by atoms with E-state index < -0.39 is 5.91 Å². The van der Waals surface area contributed by atoms with Crippen molar-refractivity contribution in [3.63, 3.8) is 0 Å². The molecule has 0 radical (unpaired) electrons. The zero-order chi connectivity index (χ0) is 15.5. The van der Waals surface area contributed by atoms with Gasteiger partial charge in [0.15, 0.2) is 0 Å². The van der Waals surface area contributed by atoms with E-state index in [4.69, 9.17) is 5.73 Å². The van der Waals surface area contributed by atoms with Gasteiger partial charge in [0.2, 0.25) is 0 Å². The Morgan fingerprint density at radius 2 is 2.14 bits per heavy atom. The van der Waals surface area contributed by atoms with Crippen LogP contribution < -0.4 is 10.6 Å². The van der Waals surface area contributed by atoms with Crippen LogP contribution in [0.4, 0.5) is 5.69 Å². The minimum absolute atomic E-state index is 0.422. The average molecular weight is 299 g/mol. The summed E-state index contributed by atoms with van der Waals surface area (Å²) in [5.74, 6) is 0.116. The van der Waals surface area contributed by atoms with Gasteiger partial charge in [-0.25, -0.2) is 0 Å². The van der Waals surface area contributed by atoms with Crippen molar-refractivity contribution in [2.45, 2.75) is 32.2 Å². The number of aromatic nitrogens is 3. The predicted octanol–water partition coefficient (Wildman–Crippen LogP) is 1.78. The lowest BCUT2D eigenvalue weighted by atomic mass is 9.91. The molecule has 2 aromatic heterocycles. The third-order valence-electron chi connectivity index (χ3n) is 4.35. The van der Waals surface area contributed by atoms with Crippen molar-refractivity contribution in [1.82, 2.24) is 14.8 Å². The van der Waals surface area contributed by atoms with Crippen LogP contribution in [0, 0.1) is 0 Å². The standard InChI is InChI=1S/C16H21N5O/c1-2-21-11-13(9-19-21)12-4-7-20(8-5-12)15-3-6-18-10-14(15)16(17)22/h3,6,9-12H,2,4-5,7-8H2,1H3,(H2,17,22). The lowest BCUT2D eigenvalue weighted by Crippen LogP contribution is -2.34. The van der Waals surface area contributed by atoms with Crippen molar-refractivity contribution in [2.75, 3.05) is 18.0 Å². The molecule has 0 atom stereocenters.